The third-order valence-electron chi connectivity index (χ3n) is 6.12. The molecule has 1 unspecified atom stereocenters. The zero-order valence-electron chi connectivity index (χ0n) is 21.6. The Morgan fingerprint density at radius 1 is 0.889 bits per heavy atom. The van der Waals surface area contributed by atoms with Crippen LogP contribution in [-0.4, -0.2) is 14.8 Å². The monoisotopic (exact) mass is 500 g/mol. The highest BCUT2D eigenvalue weighted by atomic mass is 32.2. The lowest BCUT2D eigenvalue weighted by molar-refractivity contribution is 0.306. The van der Waals surface area contributed by atoms with Crippen molar-refractivity contribution < 1.29 is 4.74 Å². The van der Waals surface area contributed by atoms with Crippen molar-refractivity contribution in [3.63, 3.8) is 0 Å². The Hall–Kier alpha value is -3.09. The first-order valence-electron chi connectivity index (χ1n) is 12.6. The Morgan fingerprint density at radius 3 is 2.22 bits per heavy atom. The molecular formula is C30H36N4OS. The molecule has 36 heavy (non-hydrogen) atoms. The first kappa shape index (κ1) is 26.0. The van der Waals surface area contributed by atoms with Gasteiger partial charge in [-0.05, 0) is 52.8 Å². The minimum atomic E-state index is -0.170. The van der Waals surface area contributed by atoms with Crippen LogP contribution in [0.5, 0.6) is 5.75 Å². The second-order valence-electron chi connectivity index (χ2n) is 10.1. The molecule has 0 aliphatic heterocycles. The van der Waals surface area contributed by atoms with Crippen molar-refractivity contribution in [3.05, 3.63) is 101 Å². The van der Waals surface area contributed by atoms with Crippen LogP contribution in [0.25, 0.3) is 5.69 Å². The average molecular weight is 501 g/mol. The van der Waals surface area contributed by atoms with Crippen LogP contribution < -0.4 is 10.5 Å². The Kier molecular flexibility index (Phi) is 8.49. The van der Waals surface area contributed by atoms with Crippen LogP contribution in [0.1, 0.15) is 69.1 Å². The predicted molar refractivity (Wildman–Crippen MR) is 149 cm³/mol. The molecule has 4 aromatic rings. The molecule has 6 heteroatoms. The summed E-state index contributed by atoms with van der Waals surface area (Å²) in [4.78, 5) is 0. The minimum absolute atomic E-state index is 0.146. The van der Waals surface area contributed by atoms with Crippen molar-refractivity contribution >= 4 is 11.8 Å². The number of hydrogen-bond acceptors (Lipinski definition) is 5. The molecule has 0 radical (unpaired) electrons. The van der Waals surface area contributed by atoms with Crippen molar-refractivity contribution in [1.29, 1.82) is 0 Å². The molecule has 0 bridgehead atoms. The van der Waals surface area contributed by atoms with E-state index in [0.717, 1.165) is 46.6 Å². The average Bonchev–Trinajstić information content (AvgIpc) is 3.31. The Bertz CT molecular complexity index is 1230. The van der Waals surface area contributed by atoms with Gasteiger partial charge in [0.05, 0.1) is 6.04 Å². The summed E-state index contributed by atoms with van der Waals surface area (Å²) in [7, 11) is 0. The summed E-state index contributed by atoms with van der Waals surface area (Å²) in [6.45, 7) is 9.37. The van der Waals surface area contributed by atoms with Crippen LogP contribution in [0.3, 0.4) is 0 Å². The summed E-state index contributed by atoms with van der Waals surface area (Å²) < 4.78 is 8.07. The number of aromatic nitrogens is 3. The number of benzene rings is 3. The molecule has 0 saturated carbocycles. The van der Waals surface area contributed by atoms with Crippen LogP contribution in [-0.2, 0) is 17.8 Å². The van der Waals surface area contributed by atoms with E-state index in [0.29, 0.717) is 6.61 Å². The lowest BCUT2D eigenvalue weighted by atomic mass is 9.87. The zero-order chi connectivity index (χ0) is 25.5. The van der Waals surface area contributed by atoms with Crippen molar-refractivity contribution in [3.8, 4) is 11.4 Å². The summed E-state index contributed by atoms with van der Waals surface area (Å²) in [6, 6.07) is 26.9. The molecule has 0 spiro atoms. The van der Waals surface area contributed by atoms with Gasteiger partial charge in [-0.25, -0.2) is 0 Å². The van der Waals surface area contributed by atoms with Crippen molar-refractivity contribution in [2.75, 3.05) is 0 Å². The van der Waals surface area contributed by atoms with E-state index in [-0.39, 0.29) is 11.5 Å². The van der Waals surface area contributed by atoms with Gasteiger partial charge in [0.1, 0.15) is 12.4 Å². The molecule has 0 amide bonds. The lowest BCUT2D eigenvalue weighted by Gasteiger charge is -2.19. The van der Waals surface area contributed by atoms with Crippen LogP contribution in [0.2, 0.25) is 0 Å². The molecule has 0 aliphatic rings. The standard InChI is InChI=1S/C30H36N4OS/c1-5-9-27(31)28-32-33-29(36-21-23-12-14-24(15-13-23)30(2,3)4)34(28)25-16-18-26(19-17-25)35-20-22-10-7-6-8-11-22/h6-8,10-19,27H,5,9,20-21,31H2,1-4H3. The highest BCUT2D eigenvalue weighted by Crippen LogP contribution is 2.30. The fraction of sp³-hybridized carbons (Fsp3) is 0.333. The summed E-state index contributed by atoms with van der Waals surface area (Å²) in [5, 5.41) is 9.88. The van der Waals surface area contributed by atoms with Gasteiger partial charge < -0.3 is 10.5 Å². The molecule has 2 N–H and O–H groups in total. The molecule has 0 saturated heterocycles. The largest absolute Gasteiger partial charge is 0.489 e. The SMILES string of the molecule is CCCC(N)c1nnc(SCc2ccc(C(C)(C)C)cc2)n1-c1ccc(OCc2ccccc2)cc1. The Balaban J connectivity index is 1.53. The fourth-order valence-electron chi connectivity index (χ4n) is 3.98. The third kappa shape index (κ3) is 6.56. The van der Waals surface area contributed by atoms with Crippen LogP contribution in [0.4, 0.5) is 0 Å². The fourth-order valence-corrected chi connectivity index (χ4v) is 4.89. The van der Waals surface area contributed by atoms with Crippen molar-refractivity contribution in [2.45, 2.75) is 69.5 Å². The van der Waals surface area contributed by atoms with Gasteiger partial charge in [-0.3, -0.25) is 4.57 Å². The van der Waals surface area contributed by atoms with Gasteiger partial charge in [-0.15, -0.1) is 10.2 Å². The van der Waals surface area contributed by atoms with E-state index in [2.05, 4.69) is 78.9 Å². The predicted octanol–water partition coefficient (Wildman–Crippen LogP) is 7.24. The number of ether oxygens (including phenoxy) is 1. The number of thioether (sulfide) groups is 1. The van der Waals surface area contributed by atoms with Gasteiger partial charge in [0.15, 0.2) is 11.0 Å². The maximum absolute atomic E-state index is 6.51. The highest BCUT2D eigenvalue weighted by Gasteiger charge is 2.20. The van der Waals surface area contributed by atoms with E-state index < -0.39 is 0 Å². The number of rotatable bonds is 10. The van der Waals surface area contributed by atoms with E-state index in [1.165, 1.54) is 11.1 Å². The van der Waals surface area contributed by atoms with Crippen molar-refractivity contribution in [1.82, 2.24) is 14.8 Å². The molecule has 5 nitrogen and oxygen atoms in total. The molecule has 1 aromatic heterocycles. The molecule has 0 aliphatic carbocycles. The van der Waals surface area contributed by atoms with Gasteiger partial charge in [0.25, 0.3) is 0 Å². The molecule has 1 atom stereocenters. The van der Waals surface area contributed by atoms with Gasteiger partial charge in [0, 0.05) is 11.4 Å². The normalized spacial score (nSPS) is 12.5. The topological polar surface area (TPSA) is 66.0 Å². The van der Waals surface area contributed by atoms with E-state index in [1.54, 1.807) is 11.8 Å². The molecule has 0 fully saturated rings. The first-order valence-corrected chi connectivity index (χ1v) is 13.5. The smallest absolute Gasteiger partial charge is 0.196 e. The van der Waals surface area contributed by atoms with Gasteiger partial charge in [-0.2, -0.15) is 0 Å². The summed E-state index contributed by atoms with van der Waals surface area (Å²) in [5.74, 6) is 2.42. The van der Waals surface area contributed by atoms with E-state index in [1.807, 2.05) is 42.5 Å². The maximum Gasteiger partial charge on any atom is 0.196 e. The van der Waals surface area contributed by atoms with E-state index in [9.17, 15) is 0 Å². The summed E-state index contributed by atoms with van der Waals surface area (Å²) >= 11 is 1.68. The number of hydrogen-bond donors (Lipinski definition) is 1. The first-order chi connectivity index (χ1) is 17.3. The molecule has 1 heterocycles. The molecular weight excluding hydrogens is 464 g/mol. The van der Waals surface area contributed by atoms with Gasteiger partial charge in [-0.1, -0.05) is 100 Å². The minimum Gasteiger partial charge on any atom is -0.489 e. The molecule has 3 aromatic carbocycles. The number of nitrogens with zero attached hydrogens (tertiary/aromatic N) is 3. The van der Waals surface area contributed by atoms with Crippen LogP contribution in [0, 0.1) is 0 Å². The second kappa shape index (κ2) is 11.8. The second-order valence-corrected chi connectivity index (χ2v) is 11.0. The van der Waals surface area contributed by atoms with Crippen LogP contribution >= 0.6 is 11.8 Å². The highest BCUT2D eigenvalue weighted by molar-refractivity contribution is 7.98. The van der Waals surface area contributed by atoms with E-state index in [4.69, 9.17) is 10.5 Å². The van der Waals surface area contributed by atoms with E-state index >= 15 is 0 Å². The van der Waals surface area contributed by atoms with Crippen molar-refractivity contribution in [2.24, 2.45) is 5.73 Å². The molecule has 4 rings (SSSR count). The third-order valence-corrected chi connectivity index (χ3v) is 7.12. The quantitative estimate of drug-likeness (QED) is 0.233. The summed E-state index contributed by atoms with van der Waals surface area (Å²) in [6.07, 6.45) is 1.85. The van der Waals surface area contributed by atoms with Crippen LogP contribution in [0.15, 0.2) is 84.0 Å². The molecule has 188 valence electrons. The summed E-state index contributed by atoms with van der Waals surface area (Å²) in [5.41, 5.74) is 11.4. The lowest BCUT2D eigenvalue weighted by Crippen LogP contribution is -2.16. The zero-order valence-corrected chi connectivity index (χ0v) is 22.5. The Morgan fingerprint density at radius 2 is 1.58 bits per heavy atom. The van der Waals surface area contributed by atoms with Gasteiger partial charge in [0.2, 0.25) is 0 Å². The van der Waals surface area contributed by atoms with Gasteiger partial charge >= 0.3 is 0 Å². The Labute approximate surface area is 219 Å². The number of nitrogens with two attached hydrogens (primary N) is 1. The maximum atomic E-state index is 6.51.